The van der Waals surface area contributed by atoms with Crippen molar-refractivity contribution in [2.45, 2.75) is 6.42 Å². The number of hydrogen-bond donors (Lipinski definition) is 0. The second-order valence-electron chi connectivity index (χ2n) is 3.30. The summed E-state index contributed by atoms with van der Waals surface area (Å²) in [6.45, 7) is 2.35. The van der Waals surface area contributed by atoms with Crippen LogP contribution in [-0.4, -0.2) is 38.5 Å². The average molecular weight is 236 g/mol. The fourth-order valence-electron chi connectivity index (χ4n) is 1.19. The first-order valence-electron chi connectivity index (χ1n) is 5.42. The molecule has 0 spiro atoms. The number of nitriles is 1. The van der Waals surface area contributed by atoms with Crippen LogP contribution in [0.1, 0.15) is 12.1 Å². The van der Waals surface area contributed by atoms with Gasteiger partial charge in [-0.1, -0.05) is 0 Å². The maximum Gasteiger partial charge on any atom is 0.144 e. The quantitative estimate of drug-likeness (QED) is 0.638. The Morgan fingerprint density at radius 3 is 2.94 bits per heavy atom. The second-order valence-corrected chi connectivity index (χ2v) is 3.30. The van der Waals surface area contributed by atoms with Crippen molar-refractivity contribution >= 4 is 0 Å². The molecule has 0 aliphatic heterocycles. The normalized spacial score (nSPS) is 9.88. The van der Waals surface area contributed by atoms with E-state index in [1.165, 1.54) is 0 Å². The van der Waals surface area contributed by atoms with Crippen molar-refractivity contribution in [2.24, 2.45) is 0 Å². The maximum absolute atomic E-state index is 8.65. The molecule has 0 unspecified atom stereocenters. The van der Waals surface area contributed by atoms with Gasteiger partial charge >= 0.3 is 0 Å². The first kappa shape index (κ1) is 13.4. The molecule has 0 aliphatic rings. The molecular formula is C12H16N2O3. The molecule has 0 fully saturated rings. The summed E-state index contributed by atoms with van der Waals surface area (Å²) < 4.78 is 15.6. The minimum Gasteiger partial charge on any atom is -0.491 e. The Hall–Kier alpha value is -1.64. The zero-order valence-electron chi connectivity index (χ0n) is 9.89. The summed E-state index contributed by atoms with van der Waals surface area (Å²) in [5.41, 5.74) is 0.350. The van der Waals surface area contributed by atoms with Gasteiger partial charge in [-0.15, -0.1) is 0 Å². The summed E-state index contributed by atoms with van der Waals surface area (Å²) in [4.78, 5) is 3.85. The van der Waals surface area contributed by atoms with E-state index in [0.29, 0.717) is 37.9 Å². The topological polar surface area (TPSA) is 64.4 Å². The van der Waals surface area contributed by atoms with Crippen LogP contribution in [0.5, 0.6) is 5.75 Å². The largest absolute Gasteiger partial charge is 0.491 e. The minimum atomic E-state index is 0.350. The Kier molecular flexibility index (Phi) is 6.72. The SMILES string of the molecule is COCCCOCCOc1ccnc(C#N)c1. The summed E-state index contributed by atoms with van der Waals surface area (Å²) in [5, 5.41) is 8.65. The first-order valence-corrected chi connectivity index (χ1v) is 5.42. The smallest absolute Gasteiger partial charge is 0.144 e. The predicted octanol–water partition coefficient (Wildman–Crippen LogP) is 1.39. The van der Waals surface area contributed by atoms with Crippen molar-refractivity contribution in [1.29, 1.82) is 5.26 Å². The highest BCUT2D eigenvalue weighted by Gasteiger charge is 1.97. The van der Waals surface area contributed by atoms with Gasteiger partial charge in [0, 0.05) is 32.6 Å². The van der Waals surface area contributed by atoms with Gasteiger partial charge in [0.2, 0.25) is 0 Å². The molecule has 0 radical (unpaired) electrons. The van der Waals surface area contributed by atoms with Crippen LogP contribution in [0.2, 0.25) is 0 Å². The van der Waals surface area contributed by atoms with Crippen LogP contribution >= 0.6 is 0 Å². The van der Waals surface area contributed by atoms with Crippen molar-refractivity contribution in [3.63, 3.8) is 0 Å². The molecule has 0 aromatic carbocycles. The molecule has 0 atom stereocenters. The molecule has 1 aromatic heterocycles. The van der Waals surface area contributed by atoms with Crippen LogP contribution < -0.4 is 4.74 Å². The Labute approximate surface area is 101 Å². The predicted molar refractivity (Wildman–Crippen MR) is 61.8 cm³/mol. The Balaban J connectivity index is 2.12. The number of aromatic nitrogens is 1. The van der Waals surface area contributed by atoms with Crippen LogP contribution in [0.15, 0.2) is 18.3 Å². The molecule has 0 amide bonds. The lowest BCUT2D eigenvalue weighted by Gasteiger charge is -2.06. The minimum absolute atomic E-state index is 0.350. The van der Waals surface area contributed by atoms with E-state index >= 15 is 0 Å². The number of rotatable bonds is 8. The van der Waals surface area contributed by atoms with Gasteiger partial charge in [-0.3, -0.25) is 0 Å². The number of nitrogens with zero attached hydrogens (tertiary/aromatic N) is 2. The van der Waals surface area contributed by atoms with E-state index in [-0.39, 0.29) is 0 Å². The highest BCUT2D eigenvalue weighted by molar-refractivity contribution is 5.29. The van der Waals surface area contributed by atoms with Crippen LogP contribution in [-0.2, 0) is 9.47 Å². The van der Waals surface area contributed by atoms with Crippen LogP contribution in [0.3, 0.4) is 0 Å². The van der Waals surface area contributed by atoms with Gasteiger partial charge < -0.3 is 14.2 Å². The molecular weight excluding hydrogens is 220 g/mol. The third-order valence-electron chi connectivity index (χ3n) is 1.98. The lowest BCUT2D eigenvalue weighted by molar-refractivity contribution is 0.0806. The van der Waals surface area contributed by atoms with Gasteiger partial charge in [0.15, 0.2) is 0 Å². The van der Waals surface area contributed by atoms with Crippen LogP contribution in [0.25, 0.3) is 0 Å². The molecule has 0 N–H and O–H groups in total. The average Bonchev–Trinajstić information content (AvgIpc) is 2.38. The molecule has 5 heteroatoms. The van der Waals surface area contributed by atoms with Crippen molar-refractivity contribution < 1.29 is 14.2 Å². The molecule has 1 rings (SSSR count). The molecule has 0 saturated heterocycles. The highest BCUT2D eigenvalue weighted by atomic mass is 16.5. The van der Waals surface area contributed by atoms with Gasteiger partial charge in [-0.05, 0) is 12.5 Å². The van der Waals surface area contributed by atoms with Crippen molar-refractivity contribution in [3.8, 4) is 11.8 Å². The third kappa shape index (κ3) is 5.85. The molecule has 17 heavy (non-hydrogen) atoms. The fourth-order valence-corrected chi connectivity index (χ4v) is 1.19. The Bertz CT molecular complexity index is 363. The van der Waals surface area contributed by atoms with E-state index in [4.69, 9.17) is 19.5 Å². The zero-order valence-corrected chi connectivity index (χ0v) is 9.89. The van der Waals surface area contributed by atoms with Gasteiger partial charge in [0.25, 0.3) is 0 Å². The van der Waals surface area contributed by atoms with E-state index in [1.54, 1.807) is 25.4 Å². The molecule has 92 valence electrons. The first-order chi connectivity index (χ1) is 8.36. The molecule has 0 saturated carbocycles. The Morgan fingerprint density at radius 2 is 2.18 bits per heavy atom. The molecule has 1 heterocycles. The summed E-state index contributed by atoms with van der Waals surface area (Å²) in [5.74, 6) is 0.636. The lowest BCUT2D eigenvalue weighted by Crippen LogP contribution is -2.08. The molecule has 1 aromatic rings. The molecule has 0 bridgehead atoms. The van der Waals surface area contributed by atoms with Crippen LogP contribution in [0.4, 0.5) is 0 Å². The summed E-state index contributed by atoms with van der Waals surface area (Å²) in [6, 6.07) is 5.27. The van der Waals surface area contributed by atoms with E-state index in [9.17, 15) is 0 Å². The summed E-state index contributed by atoms with van der Waals surface area (Å²) >= 11 is 0. The summed E-state index contributed by atoms with van der Waals surface area (Å²) in [6.07, 6.45) is 2.43. The number of pyridine rings is 1. The Morgan fingerprint density at radius 1 is 1.29 bits per heavy atom. The standard InChI is InChI=1S/C12H16N2O3/c1-15-5-2-6-16-7-8-17-12-3-4-14-11(9-12)10-13/h3-4,9H,2,5-8H2,1H3. The van der Waals surface area contributed by atoms with Crippen molar-refractivity contribution in [2.75, 3.05) is 33.5 Å². The second kappa shape index (κ2) is 8.50. The van der Waals surface area contributed by atoms with Gasteiger partial charge in [0.1, 0.15) is 24.1 Å². The number of methoxy groups -OCH3 is 1. The van der Waals surface area contributed by atoms with Gasteiger partial charge in [-0.25, -0.2) is 4.98 Å². The zero-order chi connectivity index (χ0) is 12.3. The highest BCUT2D eigenvalue weighted by Crippen LogP contribution is 2.09. The lowest BCUT2D eigenvalue weighted by atomic mass is 10.3. The third-order valence-corrected chi connectivity index (χ3v) is 1.98. The molecule has 0 aliphatic carbocycles. The van der Waals surface area contributed by atoms with Crippen LogP contribution in [0, 0.1) is 11.3 Å². The van der Waals surface area contributed by atoms with Crippen molar-refractivity contribution in [3.05, 3.63) is 24.0 Å². The van der Waals surface area contributed by atoms with E-state index in [1.807, 2.05) is 6.07 Å². The number of hydrogen-bond acceptors (Lipinski definition) is 5. The van der Waals surface area contributed by atoms with E-state index in [0.717, 1.165) is 6.42 Å². The van der Waals surface area contributed by atoms with Crippen molar-refractivity contribution in [1.82, 2.24) is 4.98 Å². The monoisotopic (exact) mass is 236 g/mol. The summed E-state index contributed by atoms with van der Waals surface area (Å²) in [7, 11) is 1.67. The van der Waals surface area contributed by atoms with E-state index < -0.39 is 0 Å². The molecule has 5 nitrogen and oxygen atoms in total. The number of ether oxygens (including phenoxy) is 3. The maximum atomic E-state index is 8.65. The fraction of sp³-hybridized carbons (Fsp3) is 0.500. The van der Waals surface area contributed by atoms with E-state index in [2.05, 4.69) is 4.98 Å². The van der Waals surface area contributed by atoms with Gasteiger partial charge in [-0.2, -0.15) is 5.26 Å². The van der Waals surface area contributed by atoms with Gasteiger partial charge in [0.05, 0.1) is 6.61 Å².